The number of benzene rings is 1. The highest BCUT2D eigenvalue weighted by Gasteiger charge is 2.19. The van der Waals surface area contributed by atoms with Crippen LogP contribution < -0.4 is 4.74 Å². The van der Waals surface area contributed by atoms with Crippen LogP contribution in [0.15, 0.2) is 17.7 Å². The average molecular weight is 282 g/mol. The fraction of sp³-hybridized carbons (Fsp3) is 0.357. The summed E-state index contributed by atoms with van der Waals surface area (Å²) in [4.78, 5) is 13.9. The van der Waals surface area contributed by atoms with E-state index in [0.29, 0.717) is 18.7 Å². The third-order valence-electron chi connectivity index (χ3n) is 3.13. The Balaban J connectivity index is 2.36. The summed E-state index contributed by atoms with van der Waals surface area (Å²) in [5.41, 5.74) is 1.50. The molecule has 1 aliphatic heterocycles. The standard InChI is InChI=1S/C14H16ClNO3/c1-16-4-3-12(17)10(8-16)5-9-6-11(15)14(18)13(7-9)19-2/h5-7,18H,3-4,8H2,1-2H3/b10-5+. The van der Waals surface area contributed by atoms with Gasteiger partial charge in [0.2, 0.25) is 0 Å². The van der Waals surface area contributed by atoms with Crippen LogP contribution >= 0.6 is 11.6 Å². The van der Waals surface area contributed by atoms with E-state index in [4.69, 9.17) is 16.3 Å². The molecular formula is C14H16ClNO3. The van der Waals surface area contributed by atoms with Crippen LogP contribution in [0, 0.1) is 0 Å². The summed E-state index contributed by atoms with van der Waals surface area (Å²) in [5, 5.41) is 9.88. The number of phenolic OH excluding ortho intramolecular Hbond substituents is 1. The first-order chi connectivity index (χ1) is 9.01. The number of hydrogen-bond donors (Lipinski definition) is 1. The molecule has 1 N–H and O–H groups in total. The van der Waals surface area contributed by atoms with Gasteiger partial charge < -0.3 is 14.7 Å². The molecule has 2 rings (SSSR count). The van der Waals surface area contributed by atoms with Crippen molar-refractivity contribution in [2.75, 3.05) is 27.2 Å². The Morgan fingerprint density at radius 1 is 1.47 bits per heavy atom. The summed E-state index contributed by atoms with van der Waals surface area (Å²) in [6.45, 7) is 1.41. The number of halogens is 1. The molecule has 1 heterocycles. The number of likely N-dealkylation sites (N-methyl/N-ethyl adjacent to an activating group) is 1. The number of phenols is 1. The van der Waals surface area contributed by atoms with Gasteiger partial charge >= 0.3 is 0 Å². The molecule has 0 spiro atoms. The van der Waals surface area contributed by atoms with Gasteiger partial charge in [-0.3, -0.25) is 4.79 Å². The molecule has 1 saturated heterocycles. The zero-order valence-electron chi connectivity index (χ0n) is 10.9. The van der Waals surface area contributed by atoms with E-state index in [9.17, 15) is 9.90 Å². The summed E-state index contributed by atoms with van der Waals surface area (Å²) >= 11 is 5.93. The number of ether oxygens (including phenoxy) is 1. The highest BCUT2D eigenvalue weighted by molar-refractivity contribution is 6.32. The molecular weight excluding hydrogens is 266 g/mol. The van der Waals surface area contributed by atoms with Crippen molar-refractivity contribution in [3.05, 3.63) is 28.3 Å². The van der Waals surface area contributed by atoms with E-state index in [2.05, 4.69) is 4.90 Å². The molecule has 102 valence electrons. The van der Waals surface area contributed by atoms with Gasteiger partial charge in [0.15, 0.2) is 17.3 Å². The zero-order valence-corrected chi connectivity index (χ0v) is 11.7. The van der Waals surface area contributed by atoms with E-state index in [1.807, 2.05) is 7.05 Å². The van der Waals surface area contributed by atoms with Gasteiger partial charge in [-0.2, -0.15) is 0 Å². The number of carbonyl (C=O) groups is 1. The van der Waals surface area contributed by atoms with Crippen molar-refractivity contribution in [1.29, 1.82) is 0 Å². The average Bonchev–Trinajstić information content (AvgIpc) is 2.38. The van der Waals surface area contributed by atoms with Crippen LogP contribution in [0.3, 0.4) is 0 Å². The maximum Gasteiger partial charge on any atom is 0.176 e. The predicted molar refractivity (Wildman–Crippen MR) is 74.8 cm³/mol. The Morgan fingerprint density at radius 2 is 2.21 bits per heavy atom. The second-order valence-corrected chi connectivity index (χ2v) is 5.04. The number of carbonyl (C=O) groups excluding carboxylic acids is 1. The molecule has 1 aromatic carbocycles. The molecule has 1 fully saturated rings. The normalized spacial score (nSPS) is 18.9. The monoisotopic (exact) mass is 281 g/mol. The fourth-order valence-electron chi connectivity index (χ4n) is 2.07. The minimum absolute atomic E-state index is 0.0848. The van der Waals surface area contributed by atoms with Gasteiger partial charge in [0.05, 0.1) is 12.1 Å². The quantitative estimate of drug-likeness (QED) is 0.846. The maximum absolute atomic E-state index is 11.8. The summed E-state index contributed by atoms with van der Waals surface area (Å²) in [5.74, 6) is 0.371. The molecule has 0 bridgehead atoms. The number of hydrogen-bond acceptors (Lipinski definition) is 4. The fourth-order valence-corrected chi connectivity index (χ4v) is 2.29. The zero-order chi connectivity index (χ0) is 14.0. The molecule has 0 aromatic heterocycles. The summed E-state index contributed by atoms with van der Waals surface area (Å²) in [6, 6.07) is 3.28. The summed E-state index contributed by atoms with van der Waals surface area (Å²) in [6.07, 6.45) is 2.33. The lowest BCUT2D eigenvalue weighted by Crippen LogP contribution is -2.32. The topological polar surface area (TPSA) is 49.8 Å². The Bertz CT molecular complexity index is 540. The lowest BCUT2D eigenvalue weighted by atomic mass is 10.0. The molecule has 0 amide bonds. The first-order valence-electron chi connectivity index (χ1n) is 6.00. The molecule has 0 atom stereocenters. The number of aromatic hydroxyl groups is 1. The van der Waals surface area contributed by atoms with Gasteiger partial charge in [0.25, 0.3) is 0 Å². The Hall–Kier alpha value is -1.52. The second-order valence-electron chi connectivity index (χ2n) is 4.63. The highest BCUT2D eigenvalue weighted by Crippen LogP contribution is 2.35. The van der Waals surface area contributed by atoms with Crippen molar-refractivity contribution >= 4 is 23.5 Å². The third kappa shape index (κ3) is 3.08. The number of rotatable bonds is 2. The first kappa shape index (κ1) is 13.9. The van der Waals surface area contributed by atoms with Crippen LogP contribution in [0.25, 0.3) is 6.08 Å². The van der Waals surface area contributed by atoms with Crippen molar-refractivity contribution in [2.45, 2.75) is 6.42 Å². The Kier molecular flexibility index (Phi) is 4.12. The van der Waals surface area contributed by atoms with Gasteiger partial charge in [-0.05, 0) is 30.8 Å². The number of methoxy groups -OCH3 is 1. The van der Waals surface area contributed by atoms with Crippen LogP contribution in [0.1, 0.15) is 12.0 Å². The smallest absolute Gasteiger partial charge is 0.176 e. The predicted octanol–water partition coefficient (Wildman–Crippen LogP) is 2.34. The van der Waals surface area contributed by atoms with Gasteiger partial charge in [0, 0.05) is 25.1 Å². The minimum atomic E-state index is -0.0848. The molecule has 1 aromatic rings. The lowest BCUT2D eigenvalue weighted by Gasteiger charge is -2.23. The van der Waals surface area contributed by atoms with E-state index < -0.39 is 0 Å². The van der Waals surface area contributed by atoms with Gasteiger partial charge in [-0.1, -0.05) is 11.6 Å². The Morgan fingerprint density at radius 3 is 2.89 bits per heavy atom. The van der Waals surface area contributed by atoms with Crippen molar-refractivity contribution in [3.8, 4) is 11.5 Å². The summed E-state index contributed by atoms with van der Waals surface area (Å²) in [7, 11) is 3.44. The van der Waals surface area contributed by atoms with Crippen molar-refractivity contribution in [3.63, 3.8) is 0 Å². The van der Waals surface area contributed by atoms with Crippen LogP contribution in [-0.4, -0.2) is 43.0 Å². The van der Waals surface area contributed by atoms with Crippen LogP contribution in [0.4, 0.5) is 0 Å². The summed E-state index contributed by atoms with van der Waals surface area (Å²) < 4.78 is 5.04. The van der Waals surface area contributed by atoms with Crippen LogP contribution in [0.5, 0.6) is 11.5 Å². The molecule has 0 aliphatic carbocycles. The number of nitrogens with zero attached hydrogens (tertiary/aromatic N) is 1. The molecule has 19 heavy (non-hydrogen) atoms. The van der Waals surface area contributed by atoms with E-state index in [-0.39, 0.29) is 16.6 Å². The SMILES string of the molecule is COc1cc(/C=C2\CN(C)CCC2=O)cc(Cl)c1O. The van der Waals surface area contributed by atoms with E-state index in [1.54, 1.807) is 18.2 Å². The third-order valence-corrected chi connectivity index (χ3v) is 3.42. The van der Waals surface area contributed by atoms with E-state index in [0.717, 1.165) is 17.7 Å². The van der Waals surface area contributed by atoms with E-state index >= 15 is 0 Å². The highest BCUT2D eigenvalue weighted by atomic mass is 35.5. The second kappa shape index (κ2) is 5.63. The van der Waals surface area contributed by atoms with Gasteiger partial charge in [0.1, 0.15) is 0 Å². The number of Topliss-reactive ketones (excluding diaryl/α,β-unsaturated/α-hetero) is 1. The number of piperidine rings is 1. The Labute approximate surface area is 117 Å². The number of likely N-dealkylation sites (tertiary alicyclic amines) is 1. The van der Waals surface area contributed by atoms with Gasteiger partial charge in [-0.15, -0.1) is 0 Å². The van der Waals surface area contributed by atoms with Crippen LogP contribution in [-0.2, 0) is 4.79 Å². The van der Waals surface area contributed by atoms with E-state index in [1.165, 1.54) is 7.11 Å². The van der Waals surface area contributed by atoms with Crippen molar-refractivity contribution < 1.29 is 14.6 Å². The molecule has 0 saturated carbocycles. The number of ketones is 1. The molecule has 5 heteroatoms. The van der Waals surface area contributed by atoms with Crippen molar-refractivity contribution in [1.82, 2.24) is 4.90 Å². The van der Waals surface area contributed by atoms with Crippen molar-refractivity contribution in [2.24, 2.45) is 0 Å². The molecule has 4 nitrogen and oxygen atoms in total. The molecule has 0 radical (unpaired) electrons. The largest absolute Gasteiger partial charge is 0.503 e. The molecule has 0 unspecified atom stereocenters. The first-order valence-corrected chi connectivity index (χ1v) is 6.38. The maximum atomic E-state index is 11.8. The lowest BCUT2D eigenvalue weighted by molar-refractivity contribution is -0.117. The minimum Gasteiger partial charge on any atom is -0.503 e. The van der Waals surface area contributed by atoms with Crippen LogP contribution in [0.2, 0.25) is 5.02 Å². The van der Waals surface area contributed by atoms with Gasteiger partial charge in [-0.25, -0.2) is 0 Å². The molecule has 1 aliphatic rings.